The number of hydrogen-bond acceptors (Lipinski definition) is 3. The van der Waals surface area contributed by atoms with Gasteiger partial charge in [0.1, 0.15) is 0 Å². The van der Waals surface area contributed by atoms with E-state index in [1.165, 1.54) is 5.56 Å². The van der Waals surface area contributed by atoms with Crippen LogP contribution in [0.2, 0.25) is 0 Å². The molecule has 0 unspecified atom stereocenters. The molecule has 0 radical (unpaired) electrons. The first-order valence-electron chi connectivity index (χ1n) is 9.42. The SMILES string of the molecule is O=C1CC[C@@H](C(=O)N2CCC(O)CC2)CN1CCCc1ccccc1. The van der Waals surface area contributed by atoms with Gasteiger partial charge in [-0.2, -0.15) is 0 Å². The Hall–Kier alpha value is -1.88. The van der Waals surface area contributed by atoms with Crippen molar-refractivity contribution in [1.82, 2.24) is 9.80 Å². The lowest BCUT2D eigenvalue weighted by molar-refractivity contribution is -0.144. The van der Waals surface area contributed by atoms with E-state index in [9.17, 15) is 14.7 Å². The maximum absolute atomic E-state index is 12.7. The zero-order chi connectivity index (χ0) is 17.6. The van der Waals surface area contributed by atoms with E-state index in [0.29, 0.717) is 45.3 Å². The van der Waals surface area contributed by atoms with Gasteiger partial charge in [0.05, 0.1) is 12.0 Å². The number of aliphatic hydroxyl groups excluding tert-OH is 1. The Morgan fingerprint density at radius 2 is 1.84 bits per heavy atom. The van der Waals surface area contributed by atoms with E-state index in [1.807, 2.05) is 28.0 Å². The van der Waals surface area contributed by atoms with Gasteiger partial charge in [-0.05, 0) is 37.7 Å². The predicted molar refractivity (Wildman–Crippen MR) is 95.9 cm³/mol. The van der Waals surface area contributed by atoms with Crippen LogP contribution in [-0.2, 0) is 16.0 Å². The molecule has 2 heterocycles. The monoisotopic (exact) mass is 344 g/mol. The fraction of sp³-hybridized carbons (Fsp3) is 0.600. The molecular formula is C20H28N2O3. The molecule has 136 valence electrons. The van der Waals surface area contributed by atoms with E-state index in [0.717, 1.165) is 19.4 Å². The van der Waals surface area contributed by atoms with Crippen LogP contribution >= 0.6 is 0 Å². The third-order valence-electron chi connectivity index (χ3n) is 5.36. The molecule has 0 bridgehead atoms. The van der Waals surface area contributed by atoms with Crippen molar-refractivity contribution in [2.24, 2.45) is 5.92 Å². The smallest absolute Gasteiger partial charge is 0.227 e. The highest BCUT2D eigenvalue weighted by Crippen LogP contribution is 2.22. The summed E-state index contributed by atoms with van der Waals surface area (Å²) >= 11 is 0. The largest absolute Gasteiger partial charge is 0.393 e. The molecule has 0 aromatic heterocycles. The van der Waals surface area contributed by atoms with E-state index < -0.39 is 0 Å². The van der Waals surface area contributed by atoms with Crippen molar-refractivity contribution in [3.8, 4) is 0 Å². The van der Waals surface area contributed by atoms with E-state index in [-0.39, 0.29) is 23.8 Å². The van der Waals surface area contributed by atoms with Crippen molar-refractivity contribution in [3.63, 3.8) is 0 Å². The number of likely N-dealkylation sites (tertiary alicyclic amines) is 2. The van der Waals surface area contributed by atoms with Gasteiger partial charge in [-0.1, -0.05) is 30.3 Å². The van der Waals surface area contributed by atoms with Crippen molar-refractivity contribution in [2.45, 2.75) is 44.6 Å². The van der Waals surface area contributed by atoms with Gasteiger partial charge in [-0.15, -0.1) is 0 Å². The lowest BCUT2D eigenvalue weighted by atomic mass is 9.94. The molecule has 0 aliphatic carbocycles. The second kappa shape index (κ2) is 8.48. The third-order valence-corrected chi connectivity index (χ3v) is 5.36. The van der Waals surface area contributed by atoms with Crippen LogP contribution in [0.5, 0.6) is 0 Å². The standard InChI is InChI=1S/C20H28N2O3/c23-18-10-13-21(14-11-18)20(25)17-8-9-19(24)22(15-17)12-4-7-16-5-2-1-3-6-16/h1-3,5-6,17-18,23H,4,7-15H2/t17-/m1/s1. The van der Waals surface area contributed by atoms with Crippen LogP contribution in [0.15, 0.2) is 30.3 Å². The van der Waals surface area contributed by atoms with E-state index in [1.54, 1.807) is 0 Å². The number of aliphatic hydroxyl groups is 1. The second-order valence-corrected chi connectivity index (χ2v) is 7.22. The van der Waals surface area contributed by atoms with Crippen LogP contribution in [-0.4, -0.2) is 59.0 Å². The Balaban J connectivity index is 1.49. The van der Waals surface area contributed by atoms with Gasteiger partial charge in [0.2, 0.25) is 11.8 Å². The van der Waals surface area contributed by atoms with Crippen LogP contribution in [0.3, 0.4) is 0 Å². The quantitative estimate of drug-likeness (QED) is 0.887. The predicted octanol–water partition coefficient (Wildman–Crippen LogP) is 1.84. The minimum Gasteiger partial charge on any atom is -0.393 e. The molecule has 2 amide bonds. The fourth-order valence-corrected chi connectivity index (χ4v) is 3.80. The summed E-state index contributed by atoms with van der Waals surface area (Å²) in [5.74, 6) is 0.253. The highest BCUT2D eigenvalue weighted by Gasteiger charge is 2.33. The average Bonchev–Trinajstić information content (AvgIpc) is 2.64. The van der Waals surface area contributed by atoms with Gasteiger partial charge in [-0.3, -0.25) is 9.59 Å². The van der Waals surface area contributed by atoms with Gasteiger partial charge in [0.25, 0.3) is 0 Å². The molecule has 1 aromatic carbocycles. The Kier molecular flexibility index (Phi) is 6.08. The van der Waals surface area contributed by atoms with Gasteiger partial charge >= 0.3 is 0 Å². The zero-order valence-electron chi connectivity index (χ0n) is 14.8. The number of benzene rings is 1. The molecular weight excluding hydrogens is 316 g/mol. The summed E-state index contributed by atoms with van der Waals surface area (Å²) < 4.78 is 0. The maximum Gasteiger partial charge on any atom is 0.227 e. The lowest BCUT2D eigenvalue weighted by Gasteiger charge is -2.37. The van der Waals surface area contributed by atoms with Crippen LogP contribution in [0, 0.1) is 5.92 Å². The Morgan fingerprint density at radius 3 is 2.56 bits per heavy atom. The molecule has 0 spiro atoms. The van der Waals surface area contributed by atoms with Crippen molar-refractivity contribution in [1.29, 1.82) is 0 Å². The van der Waals surface area contributed by atoms with Gasteiger partial charge in [0.15, 0.2) is 0 Å². The van der Waals surface area contributed by atoms with Crippen LogP contribution in [0.25, 0.3) is 0 Å². The zero-order valence-corrected chi connectivity index (χ0v) is 14.8. The summed E-state index contributed by atoms with van der Waals surface area (Å²) in [6.45, 7) is 2.54. The number of carbonyl (C=O) groups is 2. The number of carbonyl (C=O) groups excluding carboxylic acids is 2. The molecule has 2 fully saturated rings. The Morgan fingerprint density at radius 1 is 1.12 bits per heavy atom. The molecule has 25 heavy (non-hydrogen) atoms. The molecule has 3 rings (SSSR count). The number of amides is 2. The van der Waals surface area contributed by atoms with Crippen molar-refractivity contribution < 1.29 is 14.7 Å². The first kappa shape index (κ1) is 17.9. The molecule has 5 heteroatoms. The van der Waals surface area contributed by atoms with Crippen molar-refractivity contribution in [2.75, 3.05) is 26.2 Å². The van der Waals surface area contributed by atoms with Gasteiger partial charge in [-0.25, -0.2) is 0 Å². The molecule has 2 aliphatic rings. The van der Waals surface area contributed by atoms with E-state index in [4.69, 9.17) is 0 Å². The van der Waals surface area contributed by atoms with Crippen LogP contribution in [0.4, 0.5) is 0 Å². The third kappa shape index (κ3) is 4.82. The van der Waals surface area contributed by atoms with Crippen LogP contribution < -0.4 is 0 Å². The Labute approximate surface area is 149 Å². The number of rotatable bonds is 5. The normalized spacial score (nSPS) is 22.3. The summed E-state index contributed by atoms with van der Waals surface area (Å²) in [6.07, 6.45) is 4.06. The van der Waals surface area contributed by atoms with Gasteiger partial charge in [0, 0.05) is 32.6 Å². The summed E-state index contributed by atoms with van der Waals surface area (Å²) in [5, 5.41) is 9.60. The molecule has 1 N–H and O–H groups in total. The number of nitrogens with zero attached hydrogens (tertiary/aromatic N) is 2. The average molecular weight is 344 g/mol. The minimum absolute atomic E-state index is 0.0790. The molecule has 0 saturated carbocycles. The first-order valence-corrected chi connectivity index (χ1v) is 9.42. The molecule has 2 saturated heterocycles. The second-order valence-electron chi connectivity index (χ2n) is 7.22. The number of piperidine rings is 2. The summed E-state index contributed by atoms with van der Waals surface area (Å²) in [5.41, 5.74) is 1.28. The number of hydrogen-bond donors (Lipinski definition) is 1. The lowest BCUT2D eigenvalue weighted by Crippen LogP contribution is -2.49. The summed E-state index contributed by atoms with van der Waals surface area (Å²) in [7, 11) is 0. The van der Waals surface area contributed by atoms with E-state index in [2.05, 4.69) is 12.1 Å². The summed E-state index contributed by atoms with van der Waals surface area (Å²) in [4.78, 5) is 28.6. The highest BCUT2D eigenvalue weighted by atomic mass is 16.3. The van der Waals surface area contributed by atoms with E-state index >= 15 is 0 Å². The molecule has 1 aromatic rings. The minimum atomic E-state index is -0.272. The topological polar surface area (TPSA) is 60.9 Å². The number of aryl methyl sites for hydroxylation is 1. The highest BCUT2D eigenvalue weighted by molar-refractivity contribution is 5.84. The fourth-order valence-electron chi connectivity index (χ4n) is 3.80. The van der Waals surface area contributed by atoms with Crippen molar-refractivity contribution >= 4 is 11.8 Å². The first-order chi connectivity index (χ1) is 12.1. The van der Waals surface area contributed by atoms with Crippen LogP contribution in [0.1, 0.15) is 37.7 Å². The van der Waals surface area contributed by atoms with Gasteiger partial charge < -0.3 is 14.9 Å². The summed E-state index contributed by atoms with van der Waals surface area (Å²) in [6, 6.07) is 10.3. The maximum atomic E-state index is 12.7. The molecule has 2 aliphatic heterocycles. The molecule has 1 atom stereocenters. The molecule has 5 nitrogen and oxygen atoms in total. The van der Waals surface area contributed by atoms with Crippen molar-refractivity contribution in [3.05, 3.63) is 35.9 Å². The Bertz CT molecular complexity index is 582.